The summed E-state index contributed by atoms with van der Waals surface area (Å²) >= 11 is 0. The van der Waals surface area contributed by atoms with Crippen molar-refractivity contribution in [1.29, 1.82) is 0 Å². The average molecular weight is 871 g/mol. The maximum Gasteiger partial charge on any atom is 0.248 e. The maximum absolute atomic E-state index is 6.27. The molecule has 11 aromatic carbocycles. The molecular weight excluding hydrogens is 833 g/mol. The molecule has 0 spiro atoms. The summed E-state index contributed by atoms with van der Waals surface area (Å²) in [6, 6.07) is 80.5. The van der Waals surface area contributed by atoms with Crippen LogP contribution in [0, 0.1) is 0 Å². The van der Waals surface area contributed by atoms with Gasteiger partial charge in [0.1, 0.15) is 0 Å². The Morgan fingerprint density at radius 2 is 0.456 bits per heavy atom. The fourth-order valence-corrected chi connectivity index (χ4v) is 9.76. The van der Waals surface area contributed by atoms with Crippen LogP contribution in [-0.2, 0) is 0 Å². The third-order valence-electron chi connectivity index (χ3n) is 13.1. The lowest BCUT2D eigenvalue weighted by Gasteiger charge is -2.18. The Balaban J connectivity index is 0.776. The molecule has 0 atom stereocenters. The molecule has 6 nitrogen and oxygen atoms in total. The summed E-state index contributed by atoms with van der Waals surface area (Å²) < 4.78 is 12.5. The lowest BCUT2D eigenvalue weighted by atomic mass is 9.85. The van der Waals surface area contributed by atoms with Gasteiger partial charge >= 0.3 is 0 Å². The molecule has 13 rings (SSSR count). The minimum absolute atomic E-state index is 0.473. The Labute approximate surface area is 391 Å². The molecule has 0 radical (unpaired) electrons. The highest BCUT2D eigenvalue weighted by molar-refractivity contribution is 6.21. The van der Waals surface area contributed by atoms with E-state index < -0.39 is 0 Å². The molecule has 0 unspecified atom stereocenters. The quantitative estimate of drug-likeness (QED) is 0.142. The van der Waals surface area contributed by atoms with E-state index in [1.165, 1.54) is 43.8 Å². The topological polar surface area (TPSA) is 77.8 Å². The fourth-order valence-electron chi connectivity index (χ4n) is 9.76. The average Bonchev–Trinajstić information content (AvgIpc) is 4.12. The van der Waals surface area contributed by atoms with E-state index in [0.717, 1.165) is 66.1 Å². The summed E-state index contributed by atoms with van der Waals surface area (Å²) in [6.07, 6.45) is 0. The van der Waals surface area contributed by atoms with Gasteiger partial charge in [-0.25, -0.2) is 0 Å². The van der Waals surface area contributed by atoms with Crippen molar-refractivity contribution in [3.63, 3.8) is 0 Å². The summed E-state index contributed by atoms with van der Waals surface area (Å²) in [6.45, 7) is 0. The van der Waals surface area contributed by atoms with E-state index >= 15 is 0 Å². The van der Waals surface area contributed by atoms with Crippen LogP contribution in [0.4, 0.5) is 0 Å². The predicted molar refractivity (Wildman–Crippen MR) is 276 cm³/mol. The zero-order chi connectivity index (χ0) is 45.0. The van der Waals surface area contributed by atoms with Crippen molar-refractivity contribution in [3.05, 3.63) is 231 Å². The number of hydrogen-bond donors (Lipinski definition) is 0. The first-order valence-corrected chi connectivity index (χ1v) is 22.7. The van der Waals surface area contributed by atoms with Gasteiger partial charge in [0, 0.05) is 22.3 Å². The van der Waals surface area contributed by atoms with Gasteiger partial charge in [0.25, 0.3) is 0 Å². The smallest absolute Gasteiger partial charge is 0.248 e. The van der Waals surface area contributed by atoms with Crippen LogP contribution in [0.3, 0.4) is 0 Å². The first-order chi connectivity index (χ1) is 33.7. The Morgan fingerprint density at radius 1 is 0.206 bits per heavy atom. The van der Waals surface area contributed by atoms with Gasteiger partial charge in [-0.05, 0) is 136 Å². The third kappa shape index (κ3) is 6.82. The first kappa shape index (κ1) is 39.1. The van der Waals surface area contributed by atoms with Crippen molar-refractivity contribution in [3.8, 4) is 90.3 Å². The molecule has 0 aliphatic rings. The largest absolute Gasteiger partial charge is 0.416 e. The summed E-state index contributed by atoms with van der Waals surface area (Å²) in [5, 5.41) is 27.4. The molecule has 318 valence electrons. The molecule has 2 heterocycles. The molecule has 0 aliphatic carbocycles. The Kier molecular flexibility index (Phi) is 9.39. The molecule has 13 aromatic rings. The van der Waals surface area contributed by atoms with Gasteiger partial charge in [-0.3, -0.25) is 0 Å². The second kappa shape index (κ2) is 16.3. The minimum Gasteiger partial charge on any atom is -0.416 e. The highest BCUT2D eigenvalue weighted by Crippen LogP contribution is 2.44. The van der Waals surface area contributed by atoms with Crippen LogP contribution in [0.5, 0.6) is 0 Å². The van der Waals surface area contributed by atoms with E-state index in [1.807, 2.05) is 24.3 Å². The highest BCUT2D eigenvalue weighted by Gasteiger charge is 2.19. The van der Waals surface area contributed by atoms with Gasteiger partial charge in [-0.15, -0.1) is 20.4 Å². The summed E-state index contributed by atoms with van der Waals surface area (Å²) in [7, 11) is 0. The molecule has 0 saturated carbocycles. The van der Waals surface area contributed by atoms with Gasteiger partial charge in [0.15, 0.2) is 0 Å². The van der Waals surface area contributed by atoms with E-state index in [1.54, 1.807) is 0 Å². The maximum atomic E-state index is 6.27. The van der Waals surface area contributed by atoms with Crippen molar-refractivity contribution < 1.29 is 8.83 Å². The van der Waals surface area contributed by atoms with Crippen LogP contribution in [0.1, 0.15) is 0 Å². The Bertz CT molecular complexity index is 3670. The standard InChI is InChI=1S/C62H38N4O2/c1-3-15-49-39(11-1)13-9-21-51(49)41-23-31-45(32-24-41)59-63-65-61(67-59)47-35-27-43(28-36-47)57-53-17-5-7-19-55(53)58(56-20-8-6-18-54(56)57)44-29-37-48(38-30-44)62-66-64-60(68-62)46-33-25-42(26-34-46)52-22-10-14-40-12-2-4-16-50(40)52/h1-38H. The van der Waals surface area contributed by atoms with Crippen molar-refractivity contribution >= 4 is 43.1 Å². The van der Waals surface area contributed by atoms with Gasteiger partial charge in [-0.2, -0.15) is 0 Å². The number of nitrogens with zero attached hydrogens (tertiary/aromatic N) is 4. The van der Waals surface area contributed by atoms with Crippen molar-refractivity contribution in [2.45, 2.75) is 0 Å². The predicted octanol–water partition coefficient (Wildman–Crippen LogP) is 16.4. The summed E-state index contributed by atoms with van der Waals surface area (Å²) in [4.78, 5) is 0. The van der Waals surface area contributed by atoms with Gasteiger partial charge < -0.3 is 8.83 Å². The zero-order valence-corrected chi connectivity index (χ0v) is 36.5. The normalized spacial score (nSPS) is 11.5. The molecule has 0 aliphatic heterocycles. The molecule has 68 heavy (non-hydrogen) atoms. The van der Waals surface area contributed by atoms with Gasteiger partial charge in [-0.1, -0.05) is 182 Å². The summed E-state index contributed by atoms with van der Waals surface area (Å²) in [5.74, 6) is 1.91. The molecule has 0 bridgehead atoms. The van der Waals surface area contributed by atoms with Crippen molar-refractivity contribution in [1.82, 2.24) is 20.4 Å². The monoisotopic (exact) mass is 870 g/mol. The molecule has 0 saturated heterocycles. The van der Waals surface area contributed by atoms with Crippen molar-refractivity contribution in [2.24, 2.45) is 0 Å². The second-order valence-electron chi connectivity index (χ2n) is 17.0. The fraction of sp³-hybridized carbons (Fsp3) is 0. The molecule has 6 heteroatoms. The highest BCUT2D eigenvalue weighted by atomic mass is 16.4. The van der Waals surface area contributed by atoms with Crippen LogP contribution in [0.2, 0.25) is 0 Å². The van der Waals surface area contributed by atoms with Crippen LogP contribution < -0.4 is 0 Å². The number of hydrogen-bond acceptors (Lipinski definition) is 6. The van der Waals surface area contributed by atoms with Gasteiger partial charge in [0.05, 0.1) is 0 Å². The van der Waals surface area contributed by atoms with Crippen LogP contribution >= 0.6 is 0 Å². The summed E-state index contributed by atoms with van der Waals surface area (Å²) in [5.41, 5.74) is 12.6. The third-order valence-corrected chi connectivity index (χ3v) is 13.1. The number of benzene rings is 11. The minimum atomic E-state index is 0.473. The lowest BCUT2D eigenvalue weighted by Crippen LogP contribution is -1.91. The van der Waals surface area contributed by atoms with E-state index in [0.29, 0.717) is 23.6 Å². The Hall–Kier alpha value is -9.26. The van der Waals surface area contributed by atoms with Crippen LogP contribution in [-0.4, -0.2) is 20.4 Å². The van der Waals surface area contributed by atoms with Crippen LogP contribution in [0.25, 0.3) is 133 Å². The zero-order valence-electron chi connectivity index (χ0n) is 36.5. The number of aromatic nitrogens is 4. The lowest BCUT2D eigenvalue weighted by molar-refractivity contribution is 0.584. The molecular formula is C62H38N4O2. The van der Waals surface area contributed by atoms with E-state index in [2.05, 4.69) is 227 Å². The first-order valence-electron chi connectivity index (χ1n) is 22.7. The molecule has 0 amide bonds. The molecule has 0 N–H and O–H groups in total. The van der Waals surface area contributed by atoms with E-state index in [4.69, 9.17) is 8.83 Å². The van der Waals surface area contributed by atoms with Crippen LogP contribution in [0.15, 0.2) is 239 Å². The number of rotatable bonds is 8. The van der Waals surface area contributed by atoms with Gasteiger partial charge in [0.2, 0.25) is 23.6 Å². The van der Waals surface area contributed by atoms with E-state index in [-0.39, 0.29) is 0 Å². The number of fused-ring (bicyclic) bond motifs is 4. The SMILES string of the molecule is c1ccc2c(-c3ccc(-c4nnc(-c5ccc(-c6c7ccccc7c(-c7ccc(-c8nnc(-c9ccc(-c%10cccc%11ccccc%10%11)cc9)o8)cc7)c7ccccc67)cc5)o4)cc3)cccc2c1. The molecule has 2 aromatic heterocycles. The van der Waals surface area contributed by atoms with Crippen molar-refractivity contribution in [2.75, 3.05) is 0 Å². The Morgan fingerprint density at radius 3 is 0.779 bits per heavy atom. The second-order valence-corrected chi connectivity index (χ2v) is 17.0. The molecule has 0 fully saturated rings. The van der Waals surface area contributed by atoms with E-state index in [9.17, 15) is 0 Å².